The zero-order valence-electron chi connectivity index (χ0n) is 15.3. The smallest absolute Gasteiger partial charge is 0.0743 e. The van der Waals surface area contributed by atoms with Crippen molar-refractivity contribution in [1.82, 2.24) is 0 Å². The number of hydrogen-bond donors (Lipinski definition) is 6. The Morgan fingerprint density at radius 3 is 1.07 bits per heavy atom. The average Bonchev–Trinajstić information content (AvgIpc) is 2.56. The van der Waals surface area contributed by atoms with Crippen LogP contribution < -0.4 is 34.4 Å². The quantitative estimate of drug-likeness (QED) is 0.131. The van der Waals surface area contributed by atoms with Crippen LogP contribution in [0.1, 0.15) is 0 Å². The van der Waals surface area contributed by atoms with E-state index in [0.29, 0.717) is 39.1 Å². The molecule has 0 aromatic heterocycles. The molecule has 0 saturated carbocycles. The van der Waals surface area contributed by atoms with E-state index in [1.165, 1.54) is 0 Å². The van der Waals surface area contributed by atoms with Crippen molar-refractivity contribution in [3.05, 3.63) is 35.4 Å². The summed E-state index contributed by atoms with van der Waals surface area (Å²) in [6.07, 6.45) is 0. The van der Waals surface area contributed by atoms with Crippen molar-refractivity contribution in [2.24, 2.45) is 0 Å². The van der Waals surface area contributed by atoms with Gasteiger partial charge in [0.05, 0.1) is 39.1 Å². The van der Waals surface area contributed by atoms with Gasteiger partial charge in [0.2, 0.25) is 0 Å². The van der Waals surface area contributed by atoms with Gasteiger partial charge < -0.3 is 34.4 Å². The fourth-order valence-electron chi connectivity index (χ4n) is 3.30. The summed E-state index contributed by atoms with van der Waals surface area (Å²) in [5.41, 5.74) is 38.8. The minimum Gasteiger partial charge on any atom is -0.397 e. The van der Waals surface area contributed by atoms with Crippen molar-refractivity contribution in [2.45, 2.75) is 0 Å². The summed E-state index contributed by atoms with van der Waals surface area (Å²) >= 11 is 6.54. The molecule has 0 aliphatic rings. The Bertz CT molecular complexity index is 1180. The molecule has 0 aliphatic carbocycles. The fraction of sp³-hybridized carbons (Fsp3) is 0. The van der Waals surface area contributed by atoms with Crippen LogP contribution in [0.3, 0.4) is 0 Å². The van der Waals surface area contributed by atoms with Gasteiger partial charge in [0.25, 0.3) is 0 Å². The van der Waals surface area contributed by atoms with E-state index in [-0.39, 0.29) is 62.0 Å². The van der Waals surface area contributed by atoms with Gasteiger partial charge in [-0.15, -0.1) is 62.0 Å². The molecular weight excluding hydrogens is 513 g/mol. The Labute approximate surface area is 209 Å². The molecule has 0 saturated heterocycles. The van der Waals surface area contributed by atoms with E-state index < -0.39 is 0 Å². The first-order valence-electron chi connectivity index (χ1n) is 7.56. The molecule has 4 rings (SSSR count). The molecule has 4 aromatic carbocycles. The molecule has 6 nitrogen and oxygen atoms in total. The largest absolute Gasteiger partial charge is 0.397 e. The summed E-state index contributed by atoms with van der Waals surface area (Å²) in [4.78, 5) is 0. The Kier molecular flexibility index (Phi) is 10.6. The first-order valence-corrected chi connectivity index (χ1v) is 7.94. The molecule has 30 heavy (non-hydrogen) atoms. The molecule has 4 aromatic rings. The third kappa shape index (κ3) is 4.30. The number of rotatable bonds is 0. The molecule has 0 atom stereocenters. The molecule has 0 unspecified atom stereocenters. The van der Waals surface area contributed by atoms with Crippen molar-refractivity contribution in [3.63, 3.8) is 0 Å². The van der Waals surface area contributed by atoms with Gasteiger partial charge in [0.1, 0.15) is 0 Å². The molecule has 12 heteroatoms. The Balaban J connectivity index is 0. The lowest BCUT2D eigenvalue weighted by atomic mass is 9.92. The number of hydrogen-bond acceptors (Lipinski definition) is 6. The zero-order valence-corrected chi connectivity index (χ0v) is 20.1. The summed E-state index contributed by atoms with van der Waals surface area (Å²) < 4.78 is 0. The van der Waals surface area contributed by atoms with E-state index in [0.717, 1.165) is 32.3 Å². The Morgan fingerprint density at radius 2 is 0.700 bits per heavy atom. The van der Waals surface area contributed by atoms with Gasteiger partial charge in [-0.05, 0) is 57.3 Å². The van der Waals surface area contributed by atoms with Gasteiger partial charge in [0, 0.05) is 5.39 Å². The first kappa shape index (κ1) is 30.4. The van der Waals surface area contributed by atoms with Crippen LogP contribution in [0.15, 0.2) is 30.3 Å². The number of benzene rings is 4. The highest BCUT2D eigenvalue weighted by Crippen LogP contribution is 2.45. The van der Waals surface area contributed by atoms with E-state index >= 15 is 0 Å². The maximum atomic E-state index is 6.54. The lowest BCUT2D eigenvalue weighted by Gasteiger charge is -2.16. The Morgan fingerprint density at radius 1 is 0.433 bits per heavy atom. The van der Waals surface area contributed by atoms with Crippen LogP contribution in [-0.2, 0) is 0 Å². The summed E-state index contributed by atoms with van der Waals surface area (Å²) in [6.45, 7) is 0. The molecule has 0 radical (unpaired) electrons. The van der Waals surface area contributed by atoms with Crippen molar-refractivity contribution in [3.8, 4) is 0 Å². The van der Waals surface area contributed by atoms with Gasteiger partial charge >= 0.3 is 0 Å². The van der Waals surface area contributed by atoms with E-state index in [1.54, 1.807) is 12.1 Å². The number of halogens is 6. The van der Waals surface area contributed by atoms with Crippen LogP contribution in [0, 0.1) is 0 Å². The number of anilines is 6. The van der Waals surface area contributed by atoms with Crippen molar-refractivity contribution in [1.29, 1.82) is 0 Å². The second kappa shape index (κ2) is 10.5. The second-order valence-electron chi connectivity index (χ2n) is 6.17. The van der Waals surface area contributed by atoms with Gasteiger partial charge in [-0.2, -0.15) is 0 Å². The third-order valence-corrected chi connectivity index (χ3v) is 5.02. The Hall–Kier alpha value is -1.80. The van der Waals surface area contributed by atoms with Crippen LogP contribution in [0.5, 0.6) is 0 Å². The highest BCUT2D eigenvalue weighted by molar-refractivity contribution is 6.43. The number of fused-ring (bicyclic) bond motifs is 6. The molecule has 12 N–H and O–H groups in total. The predicted octanol–water partition coefficient (Wildman–Crippen LogP) is 5.40. The van der Waals surface area contributed by atoms with Gasteiger partial charge in [-0.1, -0.05) is 11.6 Å². The summed E-state index contributed by atoms with van der Waals surface area (Å²) in [7, 11) is 0. The summed E-state index contributed by atoms with van der Waals surface area (Å²) in [6, 6.07) is 9.03. The minimum atomic E-state index is 0. The van der Waals surface area contributed by atoms with Gasteiger partial charge in [0.15, 0.2) is 0 Å². The molecule has 0 bridgehead atoms. The van der Waals surface area contributed by atoms with Crippen LogP contribution >= 0.6 is 73.6 Å². The maximum Gasteiger partial charge on any atom is 0.0743 e. The number of nitrogens with two attached hydrogens (primary N) is 6. The molecule has 0 aliphatic heterocycles. The monoisotopic (exact) mass is 532 g/mol. The van der Waals surface area contributed by atoms with Crippen LogP contribution in [0.25, 0.3) is 32.3 Å². The van der Waals surface area contributed by atoms with Crippen LogP contribution in [0.2, 0.25) is 5.02 Å². The van der Waals surface area contributed by atoms with E-state index in [1.807, 2.05) is 18.2 Å². The summed E-state index contributed by atoms with van der Waals surface area (Å²) in [5.74, 6) is 0. The predicted molar refractivity (Wildman–Crippen MR) is 147 cm³/mol. The van der Waals surface area contributed by atoms with Crippen molar-refractivity contribution < 1.29 is 0 Å². The number of nitrogen functional groups attached to an aromatic ring is 6. The summed E-state index contributed by atoms with van der Waals surface area (Å²) in [5, 5.41) is 5.42. The van der Waals surface area contributed by atoms with E-state index in [9.17, 15) is 0 Å². The average molecular weight is 535 g/mol. The van der Waals surface area contributed by atoms with E-state index in [4.69, 9.17) is 46.0 Å². The topological polar surface area (TPSA) is 156 Å². The maximum absolute atomic E-state index is 6.54. The van der Waals surface area contributed by atoms with Crippen LogP contribution in [-0.4, -0.2) is 0 Å². The fourth-order valence-corrected chi connectivity index (χ4v) is 3.62. The van der Waals surface area contributed by atoms with Crippen LogP contribution in [0.4, 0.5) is 34.1 Å². The van der Waals surface area contributed by atoms with Gasteiger partial charge in [-0.3, -0.25) is 0 Å². The normalized spacial score (nSPS) is 9.63. The highest BCUT2D eigenvalue weighted by Gasteiger charge is 2.17. The first-order chi connectivity index (χ1) is 11.8. The second-order valence-corrected chi connectivity index (χ2v) is 6.55. The van der Waals surface area contributed by atoms with Crippen molar-refractivity contribution in [2.75, 3.05) is 34.4 Å². The molecule has 166 valence electrons. The molecule has 0 amide bonds. The zero-order chi connectivity index (χ0) is 18.0. The third-order valence-electron chi connectivity index (χ3n) is 4.63. The lowest BCUT2D eigenvalue weighted by molar-refractivity contribution is 1.70. The standard InChI is InChI=1S/C18H17ClN6.5ClH/c19-17-16-9-4-14(23)13(22)2-7(9)6-1-11(20)12(21)3-8(6)10(16)5-15(24)18(17)25;;;;;/h1-5H,20-25H2;5*1H. The molecular formula is C18H22Cl6N6. The highest BCUT2D eigenvalue weighted by atomic mass is 35.5. The lowest BCUT2D eigenvalue weighted by Crippen LogP contribution is -2.00. The van der Waals surface area contributed by atoms with Gasteiger partial charge in [-0.25, -0.2) is 0 Å². The molecule has 0 heterocycles. The SMILES string of the molecule is Cl.Cl.Cl.Cl.Cl.Nc1cc2c3cc(N)c(N)cc3c3c(Cl)c(N)c(N)cc3c2cc1N. The molecule has 0 fully saturated rings. The minimum absolute atomic E-state index is 0. The molecule has 0 spiro atoms. The van der Waals surface area contributed by atoms with E-state index in [2.05, 4.69) is 0 Å². The van der Waals surface area contributed by atoms with Crippen molar-refractivity contribution >= 4 is 140 Å².